The number of anilines is 1. The van der Waals surface area contributed by atoms with Crippen molar-refractivity contribution in [3.8, 4) is 0 Å². The summed E-state index contributed by atoms with van der Waals surface area (Å²) in [6.45, 7) is 0. The highest BCUT2D eigenvalue weighted by atomic mass is 19.4. The van der Waals surface area contributed by atoms with E-state index in [1.54, 1.807) is 36.2 Å². The molecule has 1 nitrogen and oxygen atoms in total. The second-order valence-electron chi connectivity index (χ2n) is 5.94. The van der Waals surface area contributed by atoms with Gasteiger partial charge in [0.1, 0.15) is 11.2 Å². The fourth-order valence-corrected chi connectivity index (χ4v) is 4.15. The fourth-order valence-electron chi connectivity index (χ4n) is 4.15. The Kier molecular flexibility index (Phi) is 2.49. The van der Waals surface area contributed by atoms with Crippen LogP contribution in [0.2, 0.25) is 0 Å². The summed E-state index contributed by atoms with van der Waals surface area (Å²) in [4.78, 5) is 1.57. The zero-order chi connectivity index (χ0) is 15.7. The van der Waals surface area contributed by atoms with E-state index in [1.165, 1.54) is 24.3 Å². The summed E-state index contributed by atoms with van der Waals surface area (Å²) >= 11 is 0. The zero-order valence-electron chi connectivity index (χ0n) is 11.7. The Morgan fingerprint density at radius 1 is 1.00 bits per heavy atom. The number of hydrogen-bond acceptors (Lipinski definition) is 1. The van der Waals surface area contributed by atoms with E-state index in [0.717, 1.165) is 0 Å². The Balaban J connectivity index is 1.95. The molecule has 4 rings (SSSR count). The van der Waals surface area contributed by atoms with Crippen LogP contribution in [0.15, 0.2) is 48.5 Å². The van der Waals surface area contributed by atoms with E-state index >= 15 is 0 Å². The van der Waals surface area contributed by atoms with Gasteiger partial charge in [-0.05, 0) is 17.7 Å². The number of hydrogen-bond donors (Lipinski definition) is 0. The lowest BCUT2D eigenvalue weighted by molar-refractivity contribution is -0.163. The third-order valence-corrected chi connectivity index (χ3v) is 5.02. The highest BCUT2D eigenvalue weighted by Crippen LogP contribution is 2.74. The molecule has 2 aromatic rings. The SMILES string of the molecule is CN1c2cccc(F)c2[C@H]2[C@@H]1[C@]2(c1ccccc1)C(F)(F)F. The average Bonchev–Trinajstić information content (AvgIpc) is 3.09. The molecular weight excluding hydrogens is 294 g/mol. The normalized spacial score (nSPS) is 29.2. The minimum Gasteiger partial charge on any atom is -0.369 e. The molecule has 0 radical (unpaired) electrons. The Hall–Kier alpha value is -2.04. The van der Waals surface area contributed by atoms with E-state index in [-0.39, 0.29) is 11.1 Å². The van der Waals surface area contributed by atoms with Crippen LogP contribution in [0.3, 0.4) is 0 Å². The van der Waals surface area contributed by atoms with Crippen LogP contribution in [0.25, 0.3) is 0 Å². The van der Waals surface area contributed by atoms with E-state index < -0.39 is 29.4 Å². The van der Waals surface area contributed by atoms with Gasteiger partial charge >= 0.3 is 6.18 Å². The molecule has 2 aliphatic rings. The molecule has 1 heterocycles. The van der Waals surface area contributed by atoms with Gasteiger partial charge in [0.05, 0.1) is 6.04 Å². The lowest BCUT2D eigenvalue weighted by Crippen LogP contribution is -2.39. The summed E-state index contributed by atoms with van der Waals surface area (Å²) in [5.41, 5.74) is -1.06. The number of nitrogens with zero attached hydrogens (tertiary/aromatic N) is 1. The van der Waals surface area contributed by atoms with Crippen molar-refractivity contribution in [2.45, 2.75) is 23.6 Å². The molecule has 22 heavy (non-hydrogen) atoms. The molecule has 0 aromatic heterocycles. The Bertz CT molecular complexity index is 740. The fraction of sp³-hybridized carbons (Fsp3) is 0.294. The largest absolute Gasteiger partial charge is 0.401 e. The van der Waals surface area contributed by atoms with Gasteiger partial charge in [-0.15, -0.1) is 0 Å². The maximum absolute atomic E-state index is 14.2. The molecular formula is C17H13F4N. The second-order valence-corrected chi connectivity index (χ2v) is 5.94. The van der Waals surface area contributed by atoms with Gasteiger partial charge in [0.25, 0.3) is 0 Å². The van der Waals surface area contributed by atoms with Crippen LogP contribution < -0.4 is 4.90 Å². The van der Waals surface area contributed by atoms with Crippen molar-refractivity contribution in [1.82, 2.24) is 0 Å². The smallest absolute Gasteiger partial charge is 0.369 e. The highest BCUT2D eigenvalue weighted by molar-refractivity contribution is 5.73. The van der Waals surface area contributed by atoms with Gasteiger partial charge < -0.3 is 4.90 Å². The molecule has 2 aromatic carbocycles. The summed E-state index contributed by atoms with van der Waals surface area (Å²) in [7, 11) is 1.61. The molecule has 1 fully saturated rings. The Morgan fingerprint density at radius 2 is 1.68 bits per heavy atom. The van der Waals surface area contributed by atoms with Gasteiger partial charge in [0, 0.05) is 24.2 Å². The predicted octanol–water partition coefficient (Wildman–Crippen LogP) is 4.24. The summed E-state index contributed by atoms with van der Waals surface area (Å²) in [6.07, 6.45) is -4.43. The number of rotatable bonds is 1. The Labute approximate surface area is 125 Å². The number of fused-ring (bicyclic) bond motifs is 3. The van der Waals surface area contributed by atoms with Crippen LogP contribution in [-0.4, -0.2) is 19.3 Å². The number of likely N-dealkylation sites (N-methyl/N-ethyl adjacent to an activating group) is 1. The minimum absolute atomic E-state index is 0.191. The molecule has 5 heteroatoms. The topological polar surface area (TPSA) is 3.24 Å². The maximum Gasteiger partial charge on any atom is 0.401 e. The molecule has 3 atom stereocenters. The van der Waals surface area contributed by atoms with Crippen molar-refractivity contribution < 1.29 is 17.6 Å². The van der Waals surface area contributed by atoms with Crippen LogP contribution in [0.1, 0.15) is 17.0 Å². The van der Waals surface area contributed by atoms with Gasteiger partial charge in [0.2, 0.25) is 0 Å². The number of benzene rings is 2. The summed E-state index contributed by atoms with van der Waals surface area (Å²) in [5, 5.41) is 0. The molecule has 0 bridgehead atoms. The van der Waals surface area contributed by atoms with Gasteiger partial charge in [-0.25, -0.2) is 4.39 Å². The van der Waals surface area contributed by atoms with Crippen molar-refractivity contribution in [2.24, 2.45) is 0 Å². The first-order valence-electron chi connectivity index (χ1n) is 7.04. The van der Waals surface area contributed by atoms with Gasteiger partial charge in [-0.3, -0.25) is 0 Å². The first kappa shape index (κ1) is 13.6. The van der Waals surface area contributed by atoms with Crippen molar-refractivity contribution in [2.75, 3.05) is 11.9 Å². The third kappa shape index (κ3) is 1.39. The lowest BCUT2D eigenvalue weighted by atomic mass is 9.87. The highest BCUT2D eigenvalue weighted by Gasteiger charge is 2.83. The lowest BCUT2D eigenvalue weighted by Gasteiger charge is -2.29. The number of alkyl halides is 3. The van der Waals surface area contributed by atoms with E-state index in [2.05, 4.69) is 0 Å². The molecule has 1 aliphatic heterocycles. The predicted molar refractivity (Wildman–Crippen MR) is 75.5 cm³/mol. The van der Waals surface area contributed by atoms with Crippen LogP contribution in [0.5, 0.6) is 0 Å². The Morgan fingerprint density at radius 3 is 2.32 bits per heavy atom. The molecule has 0 spiro atoms. The monoisotopic (exact) mass is 307 g/mol. The van der Waals surface area contributed by atoms with Gasteiger partial charge in [-0.2, -0.15) is 13.2 Å². The molecule has 114 valence electrons. The first-order valence-corrected chi connectivity index (χ1v) is 7.04. The molecule has 0 amide bonds. The van der Waals surface area contributed by atoms with Crippen LogP contribution in [0, 0.1) is 5.82 Å². The number of halogens is 4. The second kappa shape index (κ2) is 4.03. The van der Waals surface area contributed by atoms with Crippen molar-refractivity contribution in [3.63, 3.8) is 0 Å². The van der Waals surface area contributed by atoms with E-state index in [9.17, 15) is 17.6 Å². The van der Waals surface area contributed by atoms with Crippen molar-refractivity contribution in [3.05, 3.63) is 65.5 Å². The average molecular weight is 307 g/mol. The standard InChI is InChI=1S/C17H13F4N/c1-22-12-9-5-8-11(18)13(12)14-15(22)16(14,17(19,20)21)10-6-3-2-4-7-10/h2-9,14-15H,1H3/t14-,15+,16+/m0/s1. The van der Waals surface area contributed by atoms with Gasteiger partial charge in [0.15, 0.2) is 0 Å². The van der Waals surface area contributed by atoms with Crippen molar-refractivity contribution >= 4 is 5.69 Å². The molecule has 0 saturated heterocycles. The van der Waals surface area contributed by atoms with Crippen LogP contribution >= 0.6 is 0 Å². The van der Waals surface area contributed by atoms with E-state index in [0.29, 0.717) is 5.69 Å². The molecule has 0 N–H and O–H groups in total. The van der Waals surface area contributed by atoms with E-state index in [4.69, 9.17) is 0 Å². The minimum atomic E-state index is -4.43. The van der Waals surface area contributed by atoms with E-state index in [1.807, 2.05) is 0 Å². The summed E-state index contributed by atoms with van der Waals surface area (Å²) < 4.78 is 56.1. The molecule has 0 unspecified atom stereocenters. The molecule has 1 saturated carbocycles. The quantitative estimate of drug-likeness (QED) is 0.712. The maximum atomic E-state index is 14.2. The van der Waals surface area contributed by atoms with Crippen LogP contribution in [-0.2, 0) is 5.41 Å². The summed E-state index contributed by atoms with van der Waals surface area (Å²) in [6, 6.07) is 11.5. The summed E-state index contributed by atoms with van der Waals surface area (Å²) in [5.74, 6) is -1.44. The van der Waals surface area contributed by atoms with Gasteiger partial charge in [-0.1, -0.05) is 36.4 Å². The zero-order valence-corrected chi connectivity index (χ0v) is 11.7. The first-order chi connectivity index (χ1) is 10.4. The van der Waals surface area contributed by atoms with Crippen LogP contribution in [0.4, 0.5) is 23.2 Å². The third-order valence-electron chi connectivity index (χ3n) is 5.02. The van der Waals surface area contributed by atoms with Crippen molar-refractivity contribution in [1.29, 1.82) is 0 Å². The molecule has 1 aliphatic carbocycles.